The Morgan fingerprint density at radius 1 is 1.38 bits per heavy atom. The SMILES string of the molecule is CO[C@@H]1CCC[C@@]12CCCN(C(=O)c1cccc(C)n1)C2. The lowest BCUT2D eigenvalue weighted by Gasteiger charge is -2.43. The number of pyridine rings is 1. The molecule has 0 N–H and O–H groups in total. The number of hydrogen-bond acceptors (Lipinski definition) is 3. The Morgan fingerprint density at radius 2 is 2.19 bits per heavy atom. The van der Waals surface area contributed by atoms with Gasteiger partial charge in [-0.2, -0.15) is 0 Å². The van der Waals surface area contributed by atoms with Crippen LogP contribution in [-0.2, 0) is 4.74 Å². The van der Waals surface area contributed by atoms with Crippen LogP contribution in [0.4, 0.5) is 0 Å². The minimum absolute atomic E-state index is 0.0690. The summed E-state index contributed by atoms with van der Waals surface area (Å²) in [5, 5.41) is 0. The molecule has 2 fully saturated rings. The van der Waals surface area contributed by atoms with Crippen LogP contribution in [0, 0.1) is 12.3 Å². The predicted octanol–water partition coefficient (Wildman–Crippen LogP) is 2.81. The largest absolute Gasteiger partial charge is 0.381 e. The number of carbonyl (C=O) groups excluding carboxylic acids is 1. The van der Waals surface area contributed by atoms with Gasteiger partial charge >= 0.3 is 0 Å². The van der Waals surface area contributed by atoms with Gasteiger partial charge in [0, 0.05) is 31.3 Å². The third-order valence-electron chi connectivity index (χ3n) is 5.11. The lowest BCUT2D eigenvalue weighted by molar-refractivity contribution is -0.0296. The third-order valence-corrected chi connectivity index (χ3v) is 5.11. The van der Waals surface area contributed by atoms with Gasteiger partial charge < -0.3 is 9.64 Å². The van der Waals surface area contributed by atoms with Gasteiger partial charge in [-0.15, -0.1) is 0 Å². The number of likely N-dealkylation sites (tertiary alicyclic amines) is 1. The van der Waals surface area contributed by atoms with Crippen LogP contribution in [0.25, 0.3) is 0 Å². The van der Waals surface area contributed by atoms with Crippen molar-refractivity contribution in [1.29, 1.82) is 0 Å². The van der Waals surface area contributed by atoms with Gasteiger partial charge in [0.1, 0.15) is 5.69 Å². The van der Waals surface area contributed by atoms with Crippen molar-refractivity contribution in [2.75, 3.05) is 20.2 Å². The van der Waals surface area contributed by atoms with E-state index in [9.17, 15) is 4.79 Å². The highest BCUT2D eigenvalue weighted by molar-refractivity contribution is 5.92. The van der Waals surface area contributed by atoms with E-state index in [1.807, 2.05) is 30.0 Å². The summed E-state index contributed by atoms with van der Waals surface area (Å²) in [6.07, 6.45) is 6.06. The molecule has 1 saturated heterocycles. The van der Waals surface area contributed by atoms with Crippen LogP contribution in [0.5, 0.6) is 0 Å². The maximum Gasteiger partial charge on any atom is 0.272 e. The summed E-state index contributed by atoms with van der Waals surface area (Å²) in [5.41, 5.74) is 1.63. The van der Waals surface area contributed by atoms with Gasteiger partial charge in [-0.3, -0.25) is 4.79 Å². The number of piperidine rings is 1. The summed E-state index contributed by atoms with van der Waals surface area (Å²) >= 11 is 0. The summed E-state index contributed by atoms with van der Waals surface area (Å²) in [6.45, 7) is 3.58. The molecule has 3 rings (SSSR count). The highest BCUT2D eigenvalue weighted by atomic mass is 16.5. The quantitative estimate of drug-likeness (QED) is 0.840. The molecule has 1 aromatic heterocycles. The number of aromatic nitrogens is 1. The number of hydrogen-bond donors (Lipinski definition) is 0. The van der Waals surface area contributed by atoms with E-state index in [4.69, 9.17) is 4.74 Å². The molecular weight excluding hydrogens is 264 g/mol. The number of methoxy groups -OCH3 is 1. The molecule has 1 saturated carbocycles. The molecular formula is C17H24N2O2. The van der Waals surface area contributed by atoms with Crippen molar-refractivity contribution in [3.8, 4) is 0 Å². The van der Waals surface area contributed by atoms with Gasteiger partial charge in [-0.25, -0.2) is 4.98 Å². The molecule has 4 heteroatoms. The third kappa shape index (κ3) is 2.69. The molecule has 1 aliphatic heterocycles. The number of ether oxygens (including phenoxy) is 1. The topological polar surface area (TPSA) is 42.4 Å². The molecule has 1 aliphatic carbocycles. The molecule has 2 aliphatic rings. The summed E-state index contributed by atoms with van der Waals surface area (Å²) in [6, 6.07) is 5.65. The molecule has 2 atom stereocenters. The maximum absolute atomic E-state index is 12.7. The minimum Gasteiger partial charge on any atom is -0.381 e. The van der Waals surface area contributed by atoms with Gasteiger partial charge in [0.05, 0.1) is 6.10 Å². The number of carbonyl (C=O) groups is 1. The minimum atomic E-state index is 0.0690. The summed E-state index contributed by atoms with van der Waals surface area (Å²) < 4.78 is 5.70. The van der Waals surface area contributed by atoms with Gasteiger partial charge in [0.25, 0.3) is 5.91 Å². The highest BCUT2D eigenvalue weighted by Crippen LogP contribution is 2.46. The smallest absolute Gasteiger partial charge is 0.272 e. The van der Waals surface area contributed by atoms with Crippen LogP contribution in [0.2, 0.25) is 0 Å². The number of nitrogens with zero attached hydrogens (tertiary/aromatic N) is 2. The van der Waals surface area contributed by atoms with Crippen LogP contribution in [-0.4, -0.2) is 42.1 Å². The van der Waals surface area contributed by atoms with Gasteiger partial charge in [0.15, 0.2) is 0 Å². The summed E-state index contributed by atoms with van der Waals surface area (Å²) in [5.74, 6) is 0.0690. The van der Waals surface area contributed by atoms with E-state index in [-0.39, 0.29) is 11.3 Å². The maximum atomic E-state index is 12.7. The van der Waals surface area contributed by atoms with Gasteiger partial charge in [-0.1, -0.05) is 12.5 Å². The molecule has 0 unspecified atom stereocenters. The first-order chi connectivity index (χ1) is 10.1. The van der Waals surface area contributed by atoms with Crippen molar-refractivity contribution in [2.45, 2.75) is 45.1 Å². The average molecular weight is 288 g/mol. The van der Waals surface area contributed by atoms with Crippen LogP contribution in [0.3, 0.4) is 0 Å². The molecule has 21 heavy (non-hydrogen) atoms. The van der Waals surface area contributed by atoms with Crippen molar-refractivity contribution in [2.24, 2.45) is 5.41 Å². The summed E-state index contributed by atoms with van der Waals surface area (Å²) in [7, 11) is 1.81. The molecule has 1 spiro atoms. The van der Waals surface area contributed by atoms with E-state index in [2.05, 4.69) is 4.98 Å². The normalized spacial score (nSPS) is 29.0. The molecule has 1 amide bonds. The van der Waals surface area contributed by atoms with E-state index < -0.39 is 0 Å². The predicted molar refractivity (Wildman–Crippen MR) is 81.2 cm³/mol. The zero-order valence-electron chi connectivity index (χ0n) is 13.0. The molecule has 2 heterocycles. The van der Waals surface area contributed by atoms with Crippen LogP contribution in [0.15, 0.2) is 18.2 Å². The van der Waals surface area contributed by atoms with Crippen LogP contribution >= 0.6 is 0 Å². The molecule has 1 aromatic rings. The van der Waals surface area contributed by atoms with E-state index >= 15 is 0 Å². The zero-order valence-corrected chi connectivity index (χ0v) is 13.0. The molecule has 0 bridgehead atoms. The first-order valence-corrected chi connectivity index (χ1v) is 7.90. The first kappa shape index (κ1) is 14.5. The van der Waals surface area contributed by atoms with Crippen LogP contribution in [0.1, 0.15) is 48.3 Å². The standard InChI is InChI=1S/C17H24N2O2/c1-13-6-3-7-14(18-13)16(20)19-11-5-10-17(12-19)9-4-8-15(17)21-2/h3,6-7,15H,4-5,8-12H2,1-2H3/t15-,17+/m1/s1. The fourth-order valence-electron chi connectivity index (χ4n) is 4.10. The number of rotatable bonds is 2. The van der Waals surface area contributed by atoms with E-state index in [0.717, 1.165) is 31.6 Å². The average Bonchev–Trinajstić information content (AvgIpc) is 2.88. The lowest BCUT2D eigenvalue weighted by atomic mass is 9.76. The lowest BCUT2D eigenvalue weighted by Crippen LogP contribution is -2.50. The Labute approximate surface area is 126 Å². The molecule has 0 aromatic carbocycles. The summed E-state index contributed by atoms with van der Waals surface area (Å²) in [4.78, 5) is 19.1. The van der Waals surface area contributed by atoms with Crippen molar-refractivity contribution >= 4 is 5.91 Å². The zero-order chi connectivity index (χ0) is 14.9. The van der Waals surface area contributed by atoms with Crippen molar-refractivity contribution in [1.82, 2.24) is 9.88 Å². The second-order valence-electron chi connectivity index (χ2n) is 6.47. The Bertz CT molecular complexity index is 531. The fraction of sp³-hybridized carbons (Fsp3) is 0.647. The molecule has 0 radical (unpaired) electrons. The number of amides is 1. The van der Waals surface area contributed by atoms with E-state index in [0.29, 0.717) is 11.8 Å². The second-order valence-corrected chi connectivity index (χ2v) is 6.47. The van der Waals surface area contributed by atoms with Crippen LogP contribution < -0.4 is 0 Å². The Kier molecular flexibility index (Phi) is 3.98. The first-order valence-electron chi connectivity index (χ1n) is 7.90. The fourth-order valence-corrected chi connectivity index (χ4v) is 4.10. The monoisotopic (exact) mass is 288 g/mol. The van der Waals surface area contributed by atoms with Gasteiger partial charge in [-0.05, 0) is 44.7 Å². The Morgan fingerprint density at radius 3 is 2.95 bits per heavy atom. The van der Waals surface area contributed by atoms with E-state index in [1.54, 1.807) is 7.11 Å². The van der Waals surface area contributed by atoms with E-state index in [1.165, 1.54) is 19.3 Å². The molecule has 114 valence electrons. The Hall–Kier alpha value is -1.42. The Balaban J connectivity index is 1.78. The van der Waals surface area contributed by atoms with Crippen molar-refractivity contribution in [3.05, 3.63) is 29.6 Å². The number of aryl methyl sites for hydroxylation is 1. The highest BCUT2D eigenvalue weighted by Gasteiger charge is 2.46. The van der Waals surface area contributed by atoms with Gasteiger partial charge in [0.2, 0.25) is 0 Å². The second kappa shape index (κ2) is 5.76. The molecule has 4 nitrogen and oxygen atoms in total. The van der Waals surface area contributed by atoms with Crippen molar-refractivity contribution in [3.63, 3.8) is 0 Å². The van der Waals surface area contributed by atoms with Crippen molar-refractivity contribution < 1.29 is 9.53 Å².